The molecule has 1 unspecified atom stereocenters. The molecule has 7 nitrogen and oxygen atoms in total. The molecule has 1 N–H and O–H groups in total. The van der Waals surface area contributed by atoms with Gasteiger partial charge in [0.25, 0.3) is 0 Å². The molecule has 0 aliphatic carbocycles. The van der Waals surface area contributed by atoms with Crippen molar-refractivity contribution in [3.8, 4) is 0 Å². The van der Waals surface area contributed by atoms with Gasteiger partial charge in [-0.1, -0.05) is 0 Å². The zero-order chi connectivity index (χ0) is 17.8. The molecule has 7 heteroatoms. The summed E-state index contributed by atoms with van der Waals surface area (Å²) in [6.07, 6.45) is 3.73. The standard InChI is InChI=1S/C18H25N5O2/c1-12-13(2)22-17-16(21-12)9-15(10-20-17)23-7-4-5-14(11-23)18(24)19-6-8-25-3/h9-10,14H,4-8,11H2,1-3H3,(H,19,24). The Bertz CT molecular complexity index is 764. The molecule has 1 amide bonds. The van der Waals surface area contributed by atoms with E-state index in [0.29, 0.717) is 25.3 Å². The molecule has 1 fully saturated rings. The zero-order valence-corrected chi connectivity index (χ0v) is 15.1. The van der Waals surface area contributed by atoms with Crippen LogP contribution >= 0.6 is 0 Å². The van der Waals surface area contributed by atoms with Gasteiger partial charge < -0.3 is 15.0 Å². The monoisotopic (exact) mass is 343 g/mol. The minimum absolute atomic E-state index is 0.00728. The molecule has 0 aromatic carbocycles. The van der Waals surface area contributed by atoms with E-state index in [9.17, 15) is 4.79 Å². The number of rotatable bonds is 5. The first-order valence-corrected chi connectivity index (χ1v) is 8.71. The average molecular weight is 343 g/mol. The predicted molar refractivity (Wildman–Crippen MR) is 96.6 cm³/mol. The number of nitrogens with one attached hydrogen (secondary N) is 1. The second kappa shape index (κ2) is 7.74. The van der Waals surface area contributed by atoms with Gasteiger partial charge in [0.2, 0.25) is 5.91 Å². The second-order valence-electron chi connectivity index (χ2n) is 6.50. The van der Waals surface area contributed by atoms with Gasteiger partial charge >= 0.3 is 0 Å². The minimum atomic E-state index is -0.00728. The van der Waals surface area contributed by atoms with Crippen molar-refractivity contribution in [2.75, 3.05) is 38.3 Å². The summed E-state index contributed by atoms with van der Waals surface area (Å²) in [6.45, 7) is 6.61. The number of anilines is 1. The fourth-order valence-corrected chi connectivity index (χ4v) is 3.12. The summed E-state index contributed by atoms with van der Waals surface area (Å²) in [5.41, 5.74) is 4.28. The van der Waals surface area contributed by atoms with Gasteiger partial charge in [0, 0.05) is 26.7 Å². The van der Waals surface area contributed by atoms with Crippen LogP contribution in [0.2, 0.25) is 0 Å². The Balaban J connectivity index is 1.73. The van der Waals surface area contributed by atoms with E-state index < -0.39 is 0 Å². The van der Waals surface area contributed by atoms with E-state index in [0.717, 1.165) is 42.0 Å². The van der Waals surface area contributed by atoms with Crippen molar-refractivity contribution in [3.05, 3.63) is 23.7 Å². The summed E-state index contributed by atoms with van der Waals surface area (Å²) >= 11 is 0. The van der Waals surface area contributed by atoms with Crippen LogP contribution in [0.1, 0.15) is 24.2 Å². The SMILES string of the molecule is COCCNC(=O)C1CCCN(c2cnc3nc(C)c(C)nc3c2)C1. The average Bonchev–Trinajstić information content (AvgIpc) is 2.62. The van der Waals surface area contributed by atoms with Crippen LogP contribution in [0.3, 0.4) is 0 Å². The molecule has 3 heterocycles. The number of piperidine rings is 1. The van der Waals surface area contributed by atoms with Crippen LogP contribution in [-0.4, -0.2) is 54.2 Å². The van der Waals surface area contributed by atoms with Crippen molar-refractivity contribution >= 4 is 22.8 Å². The van der Waals surface area contributed by atoms with Crippen LogP contribution in [0.5, 0.6) is 0 Å². The van der Waals surface area contributed by atoms with Crippen LogP contribution in [0.15, 0.2) is 12.3 Å². The van der Waals surface area contributed by atoms with Crippen LogP contribution in [-0.2, 0) is 9.53 Å². The van der Waals surface area contributed by atoms with Gasteiger partial charge in [-0.15, -0.1) is 0 Å². The van der Waals surface area contributed by atoms with Crippen LogP contribution in [0, 0.1) is 19.8 Å². The van der Waals surface area contributed by atoms with Crippen LogP contribution in [0.4, 0.5) is 5.69 Å². The van der Waals surface area contributed by atoms with Gasteiger partial charge in [-0.05, 0) is 32.8 Å². The number of hydrogen-bond donors (Lipinski definition) is 1. The molecule has 25 heavy (non-hydrogen) atoms. The topological polar surface area (TPSA) is 80.2 Å². The normalized spacial score (nSPS) is 17.7. The van der Waals surface area contributed by atoms with E-state index in [-0.39, 0.29) is 11.8 Å². The van der Waals surface area contributed by atoms with E-state index in [1.807, 2.05) is 26.1 Å². The Hall–Kier alpha value is -2.28. The van der Waals surface area contributed by atoms with Gasteiger partial charge in [0.05, 0.1) is 35.8 Å². The highest BCUT2D eigenvalue weighted by molar-refractivity contribution is 5.80. The van der Waals surface area contributed by atoms with Crippen LogP contribution < -0.4 is 10.2 Å². The maximum absolute atomic E-state index is 12.3. The lowest BCUT2D eigenvalue weighted by molar-refractivity contribution is -0.125. The molecule has 0 spiro atoms. The lowest BCUT2D eigenvalue weighted by atomic mass is 9.97. The molecule has 134 valence electrons. The first-order chi connectivity index (χ1) is 12.1. The summed E-state index contributed by atoms with van der Waals surface area (Å²) in [5, 5.41) is 2.94. The highest BCUT2D eigenvalue weighted by Gasteiger charge is 2.26. The maximum atomic E-state index is 12.3. The first kappa shape index (κ1) is 17.5. The summed E-state index contributed by atoms with van der Waals surface area (Å²) in [7, 11) is 1.63. The van der Waals surface area contributed by atoms with E-state index in [4.69, 9.17) is 4.74 Å². The zero-order valence-electron chi connectivity index (χ0n) is 15.1. The number of methoxy groups -OCH3 is 1. The van der Waals surface area contributed by atoms with Crippen molar-refractivity contribution in [1.82, 2.24) is 20.3 Å². The van der Waals surface area contributed by atoms with E-state index in [1.165, 1.54) is 0 Å². The molecule has 0 bridgehead atoms. The Morgan fingerprint density at radius 1 is 1.36 bits per heavy atom. The lowest BCUT2D eigenvalue weighted by Gasteiger charge is -2.33. The number of amides is 1. The van der Waals surface area contributed by atoms with Crippen molar-refractivity contribution in [2.24, 2.45) is 5.92 Å². The fraction of sp³-hybridized carbons (Fsp3) is 0.556. The molecule has 0 radical (unpaired) electrons. The summed E-state index contributed by atoms with van der Waals surface area (Å²) < 4.78 is 4.98. The largest absolute Gasteiger partial charge is 0.383 e. The van der Waals surface area contributed by atoms with Gasteiger partial charge in [-0.25, -0.2) is 15.0 Å². The summed E-state index contributed by atoms with van der Waals surface area (Å²) in [4.78, 5) is 28.1. The Morgan fingerprint density at radius 2 is 2.16 bits per heavy atom. The third-order valence-electron chi connectivity index (χ3n) is 4.68. The van der Waals surface area contributed by atoms with Crippen molar-refractivity contribution in [2.45, 2.75) is 26.7 Å². The number of fused-ring (bicyclic) bond motifs is 1. The molecule has 2 aromatic rings. The maximum Gasteiger partial charge on any atom is 0.224 e. The van der Waals surface area contributed by atoms with Gasteiger partial charge in [-0.3, -0.25) is 4.79 Å². The third-order valence-corrected chi connectivity index (χ3v) is 4.68. The van der Waals surface area contributed by atoms with Gasteiger partial charge in [0.1, 0.15) is 5.52 Å². The fourth-order valence-electron chi connectivity index (χ4n) is 3.12. The van der Waals surface area contributed by atoms with Gasteiger partial charge in [0.15, 0.2) is 5.65 Å². The molecule has 0 saturated carbocycles. The molecule has 1 atom stereocenters. The number of aromatic nitrogens is 3. The minimum Gasteiger partial charge on any atom is -0.383 e. The van der Waals surface area contributed by atoms with Crippen LogP contribution in [0.25, 0.3) is 11.2 Å². The van der Waals surface area contributed by atoms with E-state index in [1.54, 1.807) is 7.11 Å². The number of ether oxygens (including phenoxy) is 1. The molecule has 1 aliphatic rings. The number of pyridine rings is 1. The molecule has 2 aromatic heterocycles. The molecular formula is C18H25N5O2. The first-order valence-electron chi connectivity index (χ1n) is 8.71. The smallest absolute Gasteiger partial charge is 0.224 e. The van der Waals surface area contributed by atoms with E-state index in [2.05, 4.69) is 25.2 Å². The number of aryl methyl sites for hydroxylation is 2. The number of hydrogen-bond acceptors (Lipinski definition) is 6. The second-order valence-corrected chi connectivity index (χ2v) is 6.50. The Labute approximate surface area is 147 Å². The predicted octanol–water partition coefficient (Wildman–Crippen LogP) is 1.62. The highest BCUT2D eigenvalue weighted by Crippen LogP contribution is 2.25. The Kier molecular flexibility index (Phi) is 5.43. The third kappa shape index (κ3) is 4.04. The number of carbonyl (C=O) groups excluding carboxylic acids is 1. The molecule has 3 rings (SSSR count). The summed E-state index contributed by atoms with van der Waals surface area (Å²) in [5.74, 6) is 0.0916. The summed E-state index contributed by atoms with van der Waals surface area (Å²) in [6, 6.07) is 2.02. The van der Waals surface area contributed by atoms with Crippen molar-refractivity contribution in [3.63, 3.8) is 0 Å². The van der Waals surface area contributed by atoms with E-state index >= 15 is 0 Å². The highest BCUT2D eigenvalue weighted by atomic mass is 16.5. The molecule has 1 aliphatic heterocycles. The molecule has 1 saturated heterocycles. The Morgan fingerprint density at radius 3 is 2.96 bits per heavy atom. The van der Waals surface area contributed by atoms with Crippen molar-refractivity contribution < 1.29 is 9.53 Å². The quantitative estimate of drug-likeness (QED) is 0.831. The lowest BCUT2D eigenvalue weighted by Crippen LogP contribution is -2.43. The molecular weight excluding hydrogens is 318 g/mol. The van der Waals surface area contributed by atoms with Gasteiger partial charge in [-0.2, -0.15) is 0 Å². The number of nitrogens with zero attached hydrogens (tertiary/aromatic N) is 4. The van der Waals surface area contributed by atoms with Crippen molar-refractivity contribution in [1.29, 1.82) is 0 Å². The number of carbonyl (C=O) groups is 1.